The second-order valence-electron chi connectivity index (χ2n) is 5.77. The van der Waals surface area contributed by atoms with Crippen LogP contribution < -0.4 is 10.6 Å². The molecule has 7 heteroatoms. The molecule has 0 saturated heterocycles. The van der Waals surface area contributed by atoms with Crippen LogP contribution in [0, 0.1) is 0 Å². The van der Waals surface area contributed by atoms with E-state index in [0.29, 0.717) is 15.7 Å². The number of benzene rings is 3. The first kappa shape index (κ1) is 17.1. The largest absolute Gasteiger partial charge is 0.346 e. The molecule has 1 heterocycles. The van der Waals surface area contributed by atoms with E-state index >= 15 is 0 Å². The van der Waals surface area contributed by atoms with E-state index in [9.17, 15) is 9.59 Å². The monoisotopic (exact) mass is 402 g/mol. The lowest BCUT2D eigenvalue weighted by Crippen LogP contribution is -2.28. The Hall–Kier alpha value is -2.34. The molecule has 0 aliphatic rings. The zero-order valence-corrected chi connectivity index (χ0v) is 15.7. The molecule has 1 aromatic heterocycles. The van der Waals surface area contributed by atoms with E-state index in [0.717, 1.165) is 27.9 Å². The van der Waals surface area contributed by atoms with Gasteiger partial charge in [0, 0.05) is 16.9 Å². The van der Waals surface area contributed by atoms with Crippen LogP contribution in [0.15, 0.2) is 70.3 Å². The maximum absolute atomic E-state index is 12.9. The zero-order chi connectivity index (χ0) is 18.3. The minimum atomic E-state index is -0.373. The fourth-order valence-corrected chi connectivity index (χ4v) is 4.00. The van der Waals surface area contributed by atoms with E-state index < -0.39 is 0 Å². The molecule has 4 nitrogen and oxygen atoms in total. The van der Waals surface area contributed by atoms with Gasteiger partial charge in [0.25, 0.3) is 0 Å². The van der Waals surface area contributed by atoms with Crippen molar-refractivity contribution in [3.63, 3.8) is 0 Å². The summed E-state index contributed by atoms with van der Waals surface area (Å²) in [4.78, 5) is 25.0. The van der Waals surface area contributed by atoms with Crippen molar-refractivity contribution in [2.75, 3.05) is 0 Å². The highest BCUT2D eigenvalue weighted by molar-refractivity contribution is 7.04. The van der Waals surface area contributed by atoms with Crippen molar-refractivity contribution in [3.8, 4) is 5.69 Å². The molecule has 26 heavy (non-hydrogen) atoms. The van der Waals surface area contributed by atoms with Gasteiger partial charge in [-0.3, -0.25) is 4.79 Å². The van der Waals surface area contributed by atoms with E-state index in [-0.39, 0.29) is 17.1 Å². The summed E-state index contributed by atoms with van der Waals surface area (Å²) in [5.74, 6) is 0. The van der Waals surface area contributed by atoms with Gasteiger partial charge in [-0.1, -0.05) is 65.7 Å². The average Bonchev–Trinajstić information content (AvgIpc) is 2.92. The predicted octanol–water partition coefficient (Wildman–Crippen LogP) is 4.57. The maximum atomic E-state index is 12.9. The van der Waals surface area contributed by atoms with Gasteiger partial charge >= 0.3 is 10.6 Å². The minimum Gasteiger partial charge on any atom is -0.255 e. The maximum Gasteiger partial charge on any atom is 0.346 e. The first-order chi connectivity index (χ1) is 12.5. The molecule has 0 bridgehead atoms. The normalized spacial score (nSPS) is 11.2. The summed E-state index contributed by atoms with van der Waals surface area (Å²) in [5.41, 5.74) is 1.06. The third-order valence-corrected chi connectivity index (χ3v) is 5.76. The third-order valence-electron chi connectivity index (χ3n) is 4.10. The van der Waals surface area contributed by atoms with Crippen LogP contribution in [-0.4, -0.2) is 8.52 Å². The number of hydrogen-bond donors (Lipinski definition) is 0. The van der Waals surface area contributed by atoms with E-state index in [1.807, 2.05) is 42.5 Å². The van der Waals surface area contributed by atoms with Gasteiger partial charge in [0.15, 0.2) is 0 Å². The minimum absolute atomic E-state index is 0.142. The third kappa shape index (κ3) is 2.98. The Bertz CT molecular complexity index is 1230. The second kappa shape index (κ2) is 6.76. The number of halogens is 2. The van der Waals surface area contributed by atoms with E-state index in [1.54, 1.807) is 18.2 Å². The molecule has 0 amide bonds. The quantitative estimate of drug-likeness (QED) is 0.503. The van der Waals surface area contributed by atoms with E-state index in [1.165, 1.54) is 8.52 Å². The van der Waals surface area contributed by atoms with E-state index in [4.69, 9.17) is 23.2 Å². The smallest absolute Gasteiger partial charge is 0.255 e. The van der Waals surface area contributed by atoms with Crippen LogP contribution in [0.2, 0.25) is 10.0 Å². The Labute approximate surface area is 162 Å². The molecule has 3 aromatic carbocycles. The highest BCUT2D eigenvalue weighted by Crippen LogP contribution is 2.23. The van der Waals surface area contributed by atoms with Gasteiger partial charge in [-0.2, -0.15) is 0 Å². The highest BCUT2D eigenvalue weighted by Gasteiger charge is 2.14. The lowest BCUT2D eigenvalue weighted by Gasteiger charge is -2.06. The molecule has 130 valence electrons. The number of aromatic nitrogens is 2. The van der Waals surface area contributed by atoms with Crippen LogP contribution in [0.25, 0.3) is 16.5 Å². The highest BCUT2D eigenvalue weighted by atomic mass is 35.5. The van der Waals surface area contributed by atoms with Crippen molar-refractivity contribution in [1.29, 1.82) is 0 Å². The summed E-state index contributed by atoms with van der Waals surface area (Å²) in [5, 5.41) is 2.75. The van der Waals surface area contributed by atoms with Crippen molar-refractivity contribution >= 4 is 45.5 Å². The standard InChI is InChI=1S/C19H12Cl2N2O2S/c20-15-9-8-12(10-16(15)21)11-22-18(24)23(26-19(22)25)17-7-3-5-13-4-1-2-6-14(13)17/h1-10H,11H2. The molecule has 0 aliphatic heterocycles. The molecular weight excluding hydrogens is 391 g/mol. The molecule has 4 aromatic rings. The summed E-state index contributed by atoms with van der Waals surface area (Å²) in [6.07, 6.45) is 0. The van der Waals surface area contributed by atoms with Gasteiger partial charge in [0.2, 0.25) is 0 Å². The van der Waals surface area contributed by atoms with Gasteiger partial charge in [0.1, 0.15) is 0 Å². The van der Waals surface area contributed by atoms with Crippen LogP contribution in [-0.2, 0) is 6.54 Å². The summed E-state index contributed by atoms with van der Waals surface area (Å²) in [6, 6.07) is 18.5. The Balaban J connectivity index is 1.83. The molecule has 4 rings (SSSR count). The van der Waals surface area contributed by atoms with Crippen molar-refractivity contribution in [2.24, 2.45) is 0 Å². The van der Waals surface area contributed by atoms with Crippen molar-refractivity contribution in [3.05, 3.63) is 96.4 Å². The molecule has 0 spiro atoms. The first-order valence-corrected chi connectivity index (χ1v) is 9.33. The second-order valence-corrected chi connectivity index (χ2v) is 7.48. The van der Waals surface area contributed by atoms with Crippen LogP contribution >= 0.6 is 34.7 Å². The topological polar surface area (TPSA) is 44.0 Å². The van der Waals surface area contributed by atoms with Gasteiger partial charge in [0.05, 0.1) is 22.3 Å². The van der Waals surface area contributed by atoms with Gasteiger partial charge < -0.3 is 0 Å². The fourth-order valence-electron chi connectivity index (χ4n) is 2.84. The lowest BCUT2D eigenvalue weighted by molar-refractivity contribution is 0.723. The molecule has 0 fully saturated rings. The zero-order valence-electron chi connectivity index (χ0n) is 13.4. The summed E-state index contributed by atoms with van der Waals surface area (Å²) < 4.78 is 2.63. The van der Waals surface area contributed by atoms with Gasteiger partial charge in [-0.05, 0) is 29.1 Å². The molecular formula is C19H12Cl2N2O2S. The number of hydrogen-bond acceptors (Lipinski definition) is 3. The lowest BCUT2D eigenvalue weighted by atomic mass is 10.1. The summed E-state index contributed by atoms with van der Waals surface area (Å²) >= 11 is 12.8. The van der Waals surface area contributed by atoms with Crippen LogP contribution in [0.5, 0.6) is 0 Å². The van der Waals surface area contributed by atoms with Gasteiger partial charge in [-0.15, -0.1) is 0 Å². The Kier molecular flexibility index (Phi) is 4.44. The molecule has 0 radical (unpaired) electrons. The summed E-state index contributed by atoms with van der Waals surface area (Å²) in [6.45, 7) is 0.142. The number of rotatable bonds is 3. The van der Waals surface area contributed by atoms with Crippen LogP contribution in [0.1, 0.15) is 5.56 Å². The Morgan fingerprint density at radius 1 is 0.885 bits per heavy atom. The number of fused-ring (bicyclic) bond motifs is 1. The van der Waals surface area contributed by atoms with Crippen molar-refractivity contribution < 1.29 is 0 Å². The Morgan fingerprint density at radius 3 is 2.46 bits per heavy atom. The van der Waals surface area contributed by atoms with Crippen LogP contribution in [0.3, 0.4) is 0 Å². The molecule has 0 N–H and O–H groups in total. The summed E-state index contributed by atoms with van der Waals surface area (Å²) in [7, 11) is 0. The first-order valence-electron chi connectivity index (χ1n) is 7.80. The molecule has 0 atom stereocenters. The van der Waals surface area contributed by atoms with Crippen LogP contribution in [0.4, 0.5) is 0 Å². The molecule has 0 saturated carbocycles. The van der Waals surface area contributed by atoms with Crippen molar-refractivity contribution in [2.45, 2.75) is 6.54 Å². The predicted molar refractivity (Wildman–Crippen MR) is 107 cm³/mol. The Morgan fingerprint density at radius 2 is 1.65 bits per heavy atom. The fraction of sp³-hybridized carbons (Fsp3) is 0.0526. The van der Waals surface area contributed by atoms with E-state index in [2.05, 4.69) is 0 Å². The van der Waals surface area contributed by atoms with Gasteiger partial charge in [-0.25, -0.2) is 13.3 Å². The average molecular weight is 403 g/mol. The number of nitrogens with zero attached hydrogens (tertiary/aromatic N) is 2. The SMILES string of the molecule is O=c1sn(-c2cccc3ccccc23)c(=O)n1Cc1ccc(Cl)c(Cl)c1. The molecule has 0 aliphatic carbocycles. The molecule has 0 unspecified atom stereocenters. The van der Waals surface area contributed by atoms with Crippen molar-refractivity contribution in [1.82, 2.24) is 8.52 Å².